The van der Waals surface area contributed by atoms with Gasteiger partial charge < -0.3 is 19.7 Å². The monoisotopic (exact) mass is 485 g/mol. The predicted molar refractivity (Wildman–Crippen MR) is 133 cm³/mol. The number of ether oxygens (including phenoxy) is 2. The van der Waals surface area contributed by atoms with Gasteiger partial charge in [0.2, 0.25) is 0 Å². The number of aliphatic hydroxyl groups is 1. The molecule has 4 rings (SSSR count). The number of carboxylic acids is 1. The van der Waals surface area contributed by atoms with E-state index in [2.05, 4.69) is 0 Å². The van der Waals surface area contributed by atoms with Crippen molar-refractivity contribution in [2.75, 3.05) is 19.1 Å². The Balaban J connectivity index is 1.85. The van der Waals surface area contributed by atoms with Gasteiger partial charge in [-0.3, -0.25) is 14.5 Å². The van der Waals surface area contributed by atoms with Gasteiger partial charge in [0.05, 0.1) is 31.4 Å². The van der Waals surface area contributed by atoms with E-state index in [1.165, 1.54) is 43.4 Å². The Hall–Kier alpha value is -4.85. The molecule has 0 fully saturated rings. The molecule has 0 saturated carbocycles. The Kier molecular flexibility index (Phi) is 6.87. The standard InChI is InChI=1S/C28H23NO7/c1-35-22-14-12-18(16-23(22)36-2)25-24(21(30)13-11-17-7-4-3-5-8-17)26(31)27(32)29(25)20-10-6-9-19(15-20)28(33)34/h3-16,25,31H,1-2H3,(H,33,34). The molecule has 36 heavy (non-hydrogen) atoms. The van der Waals surface area contributed by atoms with Crippen LogP contribution in [0.2, 0.25) is 0 Å². The summed E-state index contributed by atoms with van der Waals surface area (Å²) in [4.78, 5) is 39.4. The summed E-state index contributed by atoms with van der Waals surface area (Å²) >= 11 is 0. The first-order chi connectivity index (χ1) is 17.3. The number of ketones is 1. The van der Waals surface area contributed by atoms with Crippen LogP contribution < -0.4 is 14.4 Å². The van der Waals surface area contributed by atoms with Gasteiger partial charge in [0.1, 0.15) is 0 Å². The highest BCUT2D eigenvalue weighted by atomic mass is 16.5. The van der Waals surface area contributed by atoms with E-state index in [4.69, 9.17) is 9.47 Å². The summed E-state index contributed by atoms with van der Waals surface area (Å²) in [6, 6.07) is 18.7. The van der Waals surface area contributed by atoms with E-state index in [1.54, 1.807) is 30.3 Å². The number of anilines is 1. The first-order valence-corrected chi connectivity index (χ1v) is 10.9. The molecule has 0 radical (unpaired) electrons. The third kappa shape index (κ3) is 4.56. The van der Waals surface area contributed by atoms with E-state index in [9.17, 15) is 24.6 Å². The highest BCUT2D eigenvalue weighted by Crippen LogP contribution is 2.43. The van der Waals surface area contributed by atoms with Gasteiger partial charge in [-0.25, -0.2) is 4.79 Å². The number of carboxylic acid groups (broad SMARTS) is 1. The molecule has 2 N–H and O–H groups in total. The average molecular weight is 485 g/mol. The highest BCUT2D eigenvalue weighted by Gasteiger charge is 2.44. The normalized spacial score (nSPS) is 15.4. The summed E-state index contributed by atoms with van der Waals surface area (Å²) in [5.74, 6) is -2.48. The van der Waals surface area contributed by atoms with Crippen molar-refractivity contribution >= 4 is 29.4 Å². The molecule has 0 aromatic heterocycles. The van der Waals surface area contributed by atoms with Crippen molar-refractivity contribution in [1.82, 2.24) is 0 Å². The Bertz CT molecular complexity index is 1390. The number of hydrogen-bond acceptors (Lipinski definition) is 6. The highest BCUT2D eigenvalue weighted by molar-refractivity contribution is 6.20. The van der Waals surface area contributed by atoms with Gasteiger partial charge in [0.15, 0.2) is 23.0 Å². The zero-order valence-corrected chi connectivity index (χ0v) is 19.5. The number of rotatable bonds is 8. The first kappa shape index (κ1) is 24.3. The van der Waals surface area contributed by atoms with Gasteiger partial charge in [-0.1, -0.05) is 48.5 Å². The Morgan fingerprint density at radius 3 is 2.31 bits per heavy atom. The molecule has 0 aliphatic carbocycles. The Morgan fingerprint density at radius 2 is 1.64 bits per heavy atom. The van der Waals surface area contributed by atoms with Crippen LogP contribution in [0.15, 0.2) is 90.2 Å². The maximum absolute atomic E-state index is 13.4. The lowest BCUT2D eigenvalue weighted by atomic mass is 9.94. The molecule has 182 valence electrons. The molecule has 0 bridgehead atoms. The van der Waals surface area contributed by atoms with Crippen molar-refractivity contribution in [3.05, 3.63) is 107 Å². The molecule has 1 unspecified atom stereocenters. The van der Waals surface area contributed by atoms with Gasteiger partial charge in [0.25, 0.3) is 5.91 Å². The maximum Gasteiger partial charge on any atom is 0.335 e. The van der Waals surface area contributed by atoms with Gasteiger partial charge in [-0.2, -0.15) is 0 Å². The number of nitrogens with zero attached hydrogens (tertiary/aromatic N) is 1. The largest absolute Gasteiger partial charge is 0.503 e. The fraction of sp³-hybridized carbons (Fsp3) is 0.107. The van der Waals surface area contributed by atoms with E-state index >= 15 is 0 Å². The minimum absolute atomic E-state index is 0.0467. The summed E-state index contributed by atoms with van der Waals surface area (Å²) in [7, 11) is 2.94. The van der Waals surface area contributed by atoms with Crippen LogP contribution in [0.1, 0.15) is 27.5 Å². The molecule has 1 aliphatic rings. The van der Waals surface area contributed by atoms with Crippen LogP contribution in [0.4, 0.5) is 5.69 Å². The molecule has 0 spiro atoms. The summed E-state index contributed by atoms with van der Waals surface area (Å²) in [5, 5.41) is 20.3. The van der Waals surface area contributed by atoms with Crippen molar-refractivity contribution in [1.29, 1.82) is 0 Å². The minimum Gasteiger partial charge on any atom is -0.503 e. The first-order valence-electron chi connectivity index (χ1n) is 10.9. The maximum atomic E-state index is 13.4. The quantitative estimate of drug-likeness (QED) is 0.449. The number of amides is 1. The number of carbonyl (C=O) groups is 3. The Morgan fingerprint density at radius 1 is 0.917 bits per heavy atom. The van der Waals surface area contributed by atoms with E-state index in [-0.39, 0.29) is 16.8 Å². The van der Waals surface area contributed by atoms with Crippen LogP contribution >= 0.6 is 0 Å². The summed E-state index contributed by atoms with van der Waals surface area (Å²) in [6.45, 7) is 0. The molecule has 1 amide bonds. The third-order valence-electron chi connectivity index (χ3n) is 5.79. The zero-order valence-electron chi connectivity index (χ0n) is 19.5. The number of hydrogen-bond donors (Lipinski definition) is 2. The molecular weight excluding hydrogens is 462 g/mol. The van der Waals surface area contributed by atoms with Gasteiger partial charge in [-0.15, -0.1) is 0 Å². The fourth-order valence-electron chi connectivity index (χ4n) is 4.08. The molecule has 1 atom stereocenters. The molecule has 8 heteroatoms. The molecular formula is C28H23NO7. The smallest absolute Gasteiger partial charge is 0.335 e. The van der Waals surface area contributed by atoms with Crippen molar-refractivity contribution in [3.8, 4) is 11.5 Å². The third-order valence-corrected chi connectivity index (χ3v) is 5.79. The van der Waals surface area contributed by atoms with E-state index in [0.717, 1.165) is 5.56 Å². The fourth-order valence-corrected chi connectivity index (χ4v) is 4.08. The van der Waals surface area contributed by atoms with Gasteiger partial charge in [0, 0.05) is 5.69 Å². The van der Waals surface area contributed by atoms with Gasteiger partial charge in [-0.05, 0) is 47.5 Å². The second-order valence-corrected chi connectivity index (χ2v) is 7.92. The Labute approximate surface area is 207 Å². The number of aromatic carboxylic acids is 1. The lowest BCUT2D eigenvalue weighted by Crippen LogP contribution is -2.31. The summed E-state index contributed by atoms with van der Waals surface area (Å²) < 4.78 is 10.7. The van der Waals surface area contributed by atoms with Crippen LogP contribution in [0.3, 0.4) is 0 Å². The predicted octanol–water partition coefficient (Wildman–Crippen LogP) is 4.58. The number of carbonyl (C=O) groups excluding carboxylic acids is 2. The molecule has 3 aromatic rings. The molecule has 8 nitrogen and oxygen atoms in total. The number of methoxy groups -OCH3 is 2. The SMILES string of the molecule is COc1ccc(C2C(C(=O)C=Cc3ccccc3)=C(O)C(=O)N2c2cccc(C(=O)O)c2)cc1OC. The van der Waals surface area contributed by atoms with Crippen molar-refractivity contribution < 1.29 is 34.1 Å². The second-order valence-electron chi connectivity index (χ2n) is 7.92. The van der Waals surface area contributed by atoms with E-state index in [0.29, 0.717) is 17.1 Å². The van der Waals surface area contributed by atoms with Crippen LogP contribution in [-0.2, 0) is 9.59 Å². The van der Waals surface area contributed by atoms with Crippen LogP contribution in [-0.4, -0.2) is 42.1 Å². The average Bonchev–Trinajstić information content (AvgIpc) is 3.17. The van der Waals surface area contributed by atoms with Crippen molar-refractivity contribution in [2.45, 2.75) is 6.04 Å². The molecule has 1 heterocycles. The lowest BCUT2D eigenvalue weighted by Gasteiger charge is -2.27. The molecule has 3 aromatic carbocycles. The van der Waals surface area contributed by atoms with Crippen molar-refractivity contribution in [2.24, 2.45) is 0 Å². The summed E-state index contributed by atoms with van der Waals surface area (Å²) in [6.07, 6.45) is 2.88. The van der Waals surface area contributed by atoms with E-state index in [1.807, 2.05) is 30.3 Å². The second kappa shape index (κ2) is 10.2. The lowest BCUT2D eigenvalue weighted by molar-refractivity contribution is -0.117. The molecule has 0 saturated heterocycles. The minimum atomic E-state index is -1.18. The zero-order chi connectivity index (χ0) is 25.8. The van der Waals surface area contributed by atoms with Crippen molar-refractivity contribution in [3.63, 3.8) is 0 Å². The van der Waals surface area contributed by atoms with Crippen LogP contribution in [0, 0.1) is 0 Å². The van der Waals surface area contributed by atoms with Crippen LogP contribution in [0.5, 0.6) is 11.5 Å². The number of benzene rings is 3. The number of allylic oxidation sites excluding steroid dienone is 1. The summed E-state index contributed by atoms with van der Waals surface area (Å²) in [5.41, 5.74) is 1.25. The van der Waals surface area contributed by atoms with Crippen LogP contribution in [0.25, 0.3) is 6.08 Å². The van der Waals surface area contributed by atoms with Gasteiger partial charge >= 0.3 is 5.97 Å². The number of aliphatic hydroxyl groups excluding tert-OH is 1. The van der Waals surface area contributed by atoms with E-state index < -0.39 is 29.5 Å². The molecule has 1 aliphatic heterocycles. The topological polar surface area (TPSA) is 113 Å².